The number of carboxylic acid groups (broad SMARTS) is 1. The van der Waals surface area contributed by atoms with E-state index in [4.69, 9.17) is 10.2 Å². The van der Waals surface area contributed by atoms with E-state index in [0.717, 1.165) is 0 Å². The lowest BCUT2D eigenvalue weighted by molar-refractivity contribution is -0.282. The molecule has 0 aromatic rings. The summed E-state index contributed by atoms with van der Waals surface area (Å²) in [6.45, 7) is 2.45. The van der Waals surface area contributed by atoms with Gasteiger partial charge in [-0.15, -0.1) is 0 Å². The van der Waals surface area contributed by atoms with Crippen LogP contribution in [0.1, 0.15) is 13.8 Å². The fraction of sp³-hybridized carbons (Fsp3) is 0.800. The molecule has 0 aliphatic carbocycles. The SMILES string of the molecule is CC(O)N(C(=O)[O-])C(C)O. The van der Waals surface area contributed by atoms with Gasteiger partial charge in [-0.1, -0.05) is 0 Å². The molecule has 0 aromatic heterocycles. The lowest BCUT2D eigenvalue weighted by Gasteiger charge is -2.30. The van der Waals surface area contributed by atoms with Crippen molar-refractivity contribution >= 4 is 6.09 Å². The van der Waals surface area contributed by atoms with Gasteiger partial charge >= 0.3 is 0 Å². The summed E-state index contributed by atoms with van der Waals surface area (Å²) in [7, 11) is 0. The van der Waals surface area contributed by atoms with Crippen LogP contribution >= 0.6 is 0 Å². The number of rotatable bonds is 2. The quantitative estimate of drug-likeness (QED) is 0.457. The van der Waals surface area contributed by atoms with Gasteiger partial charge in [-0.05, 0) is 13.8 Å². The third-order valence-corrected chi connectivity index (χ3v) is 1.02. The summed E-state index contributed by atoms with van der Waals surface area (Å²) >= 11 is 0. The molecule has 0 heterocycles. The molecule has 0 bridgehead atoms. The third kappa shape index (κ3) is 2.20. The van der Waals surface area contributed by atoms with Gasteiger partial charge < -0.3 is 25.0 Å². The standard InChI is InChI=1S/C5H11NO4/c1-3(7)6(4(2)8)5(9)10/h3-4,7-8H,1-2H3,(H,9,10)/p-1. The predicted molar refractivity (Wildman–Crippen MR) is 30.6 cm³/mol. The first-order valence-corrected chi connectivity index (χ1v) is 2.82. The molecule has 2 atom stereocenters. The van der Waals surface area contributed by atoms with Crippen molar-refractivity contribution in [3.63, 3.8) is 0 Å². The molecule has 1 amide bonds. The van der Waals surface area contributed by atoms with Gasteiger partial charge in [0.15, 0.2) is 0 Å². The highest BCUT2D eigenvalue weighted by Gasteiger charge is 2.14. The second-order valence-corrected chi connectivity index (χ2v) is 1.94. The second-order valence-electron chi connectivity index (χ2n) is 1.94. The Kier molecular flexibility index (Phi) is 3.11. The topological polar surface area (TPSA) is 83.8 Å². The van der Waals surface area contributed by atoms with Gasteiger partial charge in [-0.3, -0.25) is 0 Å². The van der Waals surface area contributed by atoms with Crippen LogP contribution < -0.4 is 5.11 Å². The highest BCUT2D eigenvalue weighted by Crippen LogP contribution is 1.98. The number of nitrogens with zero attached hydrogens (tertiary/aromatic N) is 1. The highest BCUT2D eigenvalue weighted by molar-refractivity contribution is 5.62. The summed E-state index contributed by atoms with van der Waals surface area (Å²) < 4.78 is 0. The fourth-order valence-electron chi connectivity index (χ4n) is 0.617. The van der Waals surface area contributed by atoms with Crippen LogP contribution in [0.4, 0.5) is 4.79 Å². The summed E-state index contributed by atoms with van der Waals surface area (Å²) in [5.74, 6) is 0. The Morgan fingerprint density at radius 3 is 1.70 bits per heavy atom. The van der Waals surface area contributed by atoms with E-state index in [1.54, 1.807) is 0 Å². The number of carbonyl (C=O) groups excluding carboxylic acids is 1. The zero-order valence-corrected chi connectivity index (χ0v) is 5.81. The Hall–Kier alpha value is -0.810. The lowest BCUT2D eigenvalue weighted by atomic mass is 10.5. The summed E-state index contributed by atoms with van der Waals surface area (Å²) in [5.41, 5.74) is 0. The maximum absolute atomic E-state index is 10.1. The summed E-state index contributed by atoms with van der Waals surface area (Å²) in [6, 6.07) is 0. The zero-order valence-electron chi connectivity index (χ0n) is 5.81. The van der Waals surface area contributed by atoms with Crippen molar-refractivity contribution in [2.24, 2.45) is 0 Å². The van der Waals surface area contributed by atoms with Gasteiger partial charge in [-0.2, -0.15) is 0 Å². The third-order valence-electron chi connectivity index (χ3n) is 1.02. The van der Waals surface area contributed by atoms with E-state index in [1.807, 2.05) is 0 Å². The molecule has 5 nitrogen and oxygen atoms in total. The summed E-state index contributed by atoms with van der Waals surface area (Å²) in [6.07, 6.45) is -4.08. The molecule has 0 spiro atoms. The summed E-state index contributed by atoms with van der Waals surface area (Å²) in [4.78, 5) is 10.5. The smallest absolute Gasteiger partial charge is 0.141 e. The van der Waals surface area contributed by atoms with E-state index in [-0.39, 0.29) is 0 Å². The van der Waals surface area contributed by atoms with Crippen LogP contribution in [0.15, 0.2) is 0 Å². The van der Waals surface area contributed by atoms with Crippen LogP contribution in [0.3, 0.4) is 0 Å². The van der Waals surface area contributed by atoms with Gasteiger partial charge in [0, 0.05) is 0 Å². The molecule has 0 aromatic carbocycles. The van der Waals surface area contributed by atoms with Crippen LogP contribution in [0.25, 0.3) is 0 Å². The van der Waals surface area contributed by atoms with E-state index in [1.165, 1.54) is 13.8 Å². The normalized spacial score (nSPS) is 16.0. The summed E-state index contributed by atoms with van der Waals surface area (Å²) in [5, 5.41) is 27.5. The largest absolute Gasteiger partial charge is 0.530 e. The number of hydrogen-bond acceptors (Lipinski definition) is 4. The van der Waals surface area contributed by atoms with Crippen LogP contribution in [0.2, 0.25) is 0 Å². The maximum atomic E-state index is 10.1. The Labute approximate surface area is 58.5 Å². The van der Waals surface area contributed by atoms with E-state index >= 15 is 0 Å². The first-order valence-electron chi connectivity index (χ1n) is 2.82. The molecule has 10 heavy (non-hydrogen) atoms. The minimum absolute atomic E-state index is 0.417. The first kappa shape index (κ1) is 9.19. The van der Waals surface area contributed by atoms with Crippen molar-refractivity contribution < 1.29 is 20.1 Å². The second kappa shape index (κ2) is 3.38. The molecule has 0 rings (SSSR count). The number of aliphatic hydroxyl groups excluding tert-OH is 2. The van der Waals surface area contributed by atoms with Crippen molar-refractivity contribution in [2.75, 3.05) is 0 Å². The van der Waals surface area contributed by atoms with E-state index < -0.39 is 18.5 Å². The fourth-order valence-corrected chi connectivity index (χ4v) is 0.617. The highest BCUT2D eigenvalue weighted by atomic mass is 16.4. The lowest BCUT2D eigenvalue weighted by Crippen LogP contribution is -2.50. The molecule has 2 N–H and O–H groups in total. The van der Waals surface area contributed by atoms with Crippen molar-refractivity contribution in [1.29, 1.82) is 0 Å². The minimum Gasteiger partial charge on any atom is -0.530 e. The molecule has 0 saturated carbocycles. The van der Waals surface area contributed by atoms with Crippen LogP contribution in [-0.2, 0) is 0 Å². The van der Waals surface area contributed by atoms with E-state index in [9.17, 15) is 9.90 Å². The number of carbonyl (C=O) groups is 1. The molecule has 60 valence electrons. The Balaban J connectivity index is 4.12. The van der Waals surface area contributed by atoms with Crippen molar-refractivity contribution in [1.82, 2.24) is 4.90 Å². The van der Waals surface area contributed by atoms with Crippen LogP contribution in [-0.4, -0.2) is 33.7 Å². The Morgan fingerprint density at radius 1 is 1.40 bits per heavy atom. The van der Waals surface area contributed by atoms with Gasteiger partial charge in [0.05, 0.1) is 0 Å². The van der Waals surface area contributed by atoms with Crippen molar-refractivity contribution in [3.8, 4) is 0 Å². The minimum atomic E-state index is -1.59. The Morgan fingerprint density at radius 2 is 1.70 bits per heavy atom. The molecule has 0 saturated heterocycles. The maximum Gasteiger partial charge on any atom is 0.141 e. The molecule has 0 aliphatic rings. The van der Waals surface area contributed by atoms with Crippen molar-refractivity contribution in [3.05, 3.63) is 0 Å². The van der Waals surface area contributed by atoms with Gasteiger partial charge in [-0.25, -0.2) is 0 Å². The molecule has 0 fully saturated rings. The predicted octanol–water partition coefficient (Wildman–Crippen LogP) is -1.69. The zero-order chi connectivity index (χ0) is 8.31. The number of aliphatic hydroxyl groups is 2. The number of hydrogen-bond donors (Lipinski definition) is 2. The molecule has 0 radical (unpaired) electrons. The van der Waals surface area contributed by atoms with Crippen molar-refractivity contribution in [2.45, 2.75) is 26.3 Å². The molecule has 5 heteroatoms. The molecule has 2 unspecified atom stereocenters. The van der Waals surface area contributed by atoms with Gasteiger partial charge in [0.1, 0.15) is 18.5 Å². The average Bonchev–Trinajstić information content (AvgIpc) is 1.59. The molecular weight excluding hydrogens is 138 g/mol. The average molecular weight is 148 g/mol. The van der Waals surface area contributed by atoms with E-state index in [2.05, 4.69) is 0 Å². The van der Waals surface area contributed by atoms with Crippen LogP contribution in [0, 0.1) is 0 Å². The monoisotopic (exact) mass is 148 g/mol. The molecule has 0 aliphatic heterocycles. The van der Waals surface area contributed by atoms with Gasteiger partial charge in [0.25, 0.3) is 0 Å². The van der Waals surface area contributed by atoms with Crippen LogP contribution in [0.5, 0.6) is 0 Å². The van der Waals surface area contributed by atoms with E-state index in [0.29, 0.717) is 4.90 Å². The molecular formula is C5H10NO4-. The first-order chi connectivity index (χ1) is 4.46. The Bertz CT molecular complexity index is 115. The van der Waals surface area contributed by atoms with Gasteiger partial charge in [0.2, 0.25) is 0 Å². The number of amides is 1.